The van der Waals surface area contributed by atoms with Crippen molar-refractivity contribution in [1.82, 2.24) is 0 Å². The summed E-state index contributed by atoms with van der Waals surface area (Å²) in [6, 6.07) is 19.0. The van der Waals surface area contributed by atoms with Gasteiger partial charge in [0.05, 0.1) is 15.6 Å². The van der Waals surface area contributed by atoms with Gasteiger partial charge in [-0.05, 0) is 18.2 Å². The number of ketones is 2. The first-order valence-electron chi connectivity index (χ1n) is 7.47. The molecule has 0 radical (unpaired) electrons. The van der Waals surface area contributed by atoms with Gasteiger partial charge >= 0.3 is 0 Å². The number of nitrogen functional groups attached to an aromatic ring is 1. The molecule has 0 atom stereocenters. The Hall–Kier alpha value is -2.62. The summed E-state index contributed by atoms with van der Waals surface area (Å²) in [5.74, 6) is -0.309. The van der Waals surface area contributed by atoms with Crippen molar-refractivity contribution in [1.29, 1.82) is 0 Å². The maximum absolute atomic E-state index is 12.2. The minimum atomic E-state index is -0.173. The number of hydrogen-bond donors (Lipinski definition) is 1. The molecule has 0 unspecified atom stereocenters. The summed E-state index contributed by atoms with van der Waals surface area (Å²) in [6.45, 7) is 0. The molecule has 0 saturated carbocycles. The normalized spacial score (nSPS) is 11.9. The molecule has 0 fully saturated rings. The topological polar surface area (TPSA) is 60.2 Å². The summed E-state index contributed by atoms with van der Waals surface area (Å²) in [4.78, 5) is 24.4. The number of halogens is 2. The smallest absolute Gasteiger partial charge is 0.196 e. The fourth-order valence-corrected chi connectivity index (χ4v) is 2.88. The van der Waals surface area contributed by atoms with Gasteiger partial charge in [-0.1, -0.05) is 71.7 Å². The number of carbonyl (C=O) groups is 2. The van der Waals surface area contributed by atoms with E-state index in [9.17, 15) is 9.59 Å². The van der Waals surface area contributed by atoms with E-state index in [0.717, 1.165) is 0 Å². The summed E-state index contributed by atoms with van der Waals surface area (Å²) >= 11 is 11.2. The van der Waals surface area contributed by atoms with Crippen LogP contribution in [0.3, 0.4) is 0 Å². The summed E-state index contributed by atoms with van der Waals surface area (Å²) in [5.41, 5.74) is 7.75. The summed E-state index contributed by atoms with van der Waals surface area (Å²) < 4.78 is 0. The maximum Gasteiger partial charge on any atom is 0.196 e. The van der Waals surface area contributed by atoms with E-state index in [1.807, 2.05) is 12.1 Å². The van der Waals surface area contributed by atoms with Crippen LogP contribution < -0.4 is 5.73 Å². The molecule has 5 heteroatoms. The molecule has 0 aromatic heterocycles. The molecule has 0 amide bonds. The Kier molecular flexibility index (Phi) is 4.88. The lowest BCUT2D eigenvalue weighted by atomic mass is 9.83. The SMILES string of the molecule is Clc1ccccc1Cl.Nc1cccc2c1C(=O)c1ccccc1C2=O. The number of anilines is 1. The Labute approximate surface area is 155 Å². The number of fused-ring (bicyclic) bond motifs is 2. The third-order valence-corrected chi connectivity index (χ3v) is 4.56. The lowest BCUT2D eigenvalue weighted by Crippen LogP contribution is -2.22. The first-order chi connectivity index (χ1) is 12.0. The Morgan fingerprint density at radius 1 is 0.600 bits per heavy atom. The van der Waals surface area contributed by atoms with Crippen LogP contribution in [0.5, 0.6) is 0 Å². The number of hydrogen-bond acceptors (Lipinski definition) is 3. The van der Waals surface area contributed by atoms with E-state index in [2.05, 4.69) is 0 Å². The molecule has 0 saturated heterocycles. The summed E-state index contributed by atoms with van der Waals surface area (Å²) in [5, 5.41) is 1.21. The molecule has 3 aromatic carbocycles. The molecule has 25 heavy (non-hydrogen) atoms. The van der Waals surface area contributed by atoms with E-state index in [1.54, 1.807) is 54.6 Å². The van der Waals surface area contributed by atoms with Gasteiger partial charge in [0.25, 0.3) is 0 Å². The van der Waals surface area contributed by atoms with E-state index in [1.165, 1.54) is 0 Å². The molecule has 1 aliphatic carbocycles. The molecule has 2 N–H and O–H groups in total. The van der Waals surface area contributed by atoms with Crippen LogP contribution in [0.1, 0.15) is 31.8 Å². The zero-order chi connectivity index (χ0) is 18.0. The first-order valence-corrected chi connectivity index (χ1v) is 8.23. The Balaban J connectivity index is 0.000000192. The van der Waals surface area contributed by atoms with Crippen LogP contribution in [0, 0.1) is 0 Å². The van der Waals surface area contributed by atoms with Crippen LogP contribution in [0.25, 0.3) is 0 Å². The zero-order valence-corrected chi connectivity index (χ0v) is 14.5. The average molecular weight is 370 g/mol. The molecule has 0 bridgehead atoms. The van der Waals surface area contributed by atoms with Crippen LogP contribution in [-0.2, 0) is 0 Å². The Morgan fingerprint density at radius 3 is 1.64 bits per heavy atom. The monoisotopic (exact) mass is 369 g/mol. The molecule has 0 spiro atoms. The highest BCUT2D eigenvalue weighted by molar-refractivity contribution is 6.41. The second-order valence-electron chi connectivity index (χ2n) is 5.39. The Bertz CT molecular complexity index is 962. The second-order valence-corrected chi connectivity index (χ2v) is 6.20. The van der Waals surface area contributed by atoms with E-state index in [0.29, 0.717) is 38.0 Å². The van der Waals surface area contributed by atoms with Gasteiger partial charge in [0.1, 0.15) is 0 Å². The van der Waals surface area contributed by atoms with Crippen LogP contribution in [-0.4, -0.2) is 11.6 Å². The molecule has 4 rings (SSSR count). The number of benzene rings is 3. The minimum Gasteiger partial charge on any atom is -0.398 e. The lowest BCUT2D eigenvalue weighted by Gasteiger charge is -2.18. The third-order valence-electron chi connectivity index (χ3n) is 3.81. The molecule has 124 valence electrons. The van der Waals surface area contributed by atoms with Crippen molar-refractivity contribution >= 4 is 40.5 Å². The molecule has 3 nitrogen and oxygen atoms in total. The largest absolute Gasteiger partial charge is 0.398 e. The van der Waals surface area contributed by atoms with Crippen LogP contribution in [0.2, 0.25) is 10.0 Å². The van der Waals surface area contributed by atoms with Crippen LogP contribution >= 0.6 is 23.2 Å². The van der Waals surface area contributed by atoms with E-state index < -0.39 is 0 Å². The van der Waals surface area contributed by atoms with Crippen molar-refractivity contribution in [2.45, 2.75) is 0 Å². The van der Waals surface area contributed by atoms with Crippen molar-refractivity contribution in [3.8, 4) is 0 Å². The summed E-state index contributed by atoms with van der Waals surface area (Å²) in [7, 11) is 0. The zero-order valence-electron chi connectivity index (χ0n) is 13.0. The van der Waals surface area contributed by atoms with Crippen molar-refractivity contribution < 1.29 is 9.59 Å². The van der Waals surface area contributed by atoms with Gasteiger partial charge < -0.3 is 5.73 Å². The number of carbonyl (C=O) groups excluding carboxylic acids is 2. The fourth-order valence-electron chi connectivity index (χ4n) is 2.61. The Morgan fingerprint density at radius 2 is 1.08 bits per heavy atom. The predicted octanol–water partition coefficient (Wildman–Crippen LogP) is 5.04. The highest BCUT2D eigenvalue weighted by atomic mass is 35.5. The van der Waals surface area contributed by atoms with Gasteiger partial charge in [0.2, 0.25) is 0 Å². The van der Waals surface area contributed by atoms with Gasteiger partial charge in [-0.2, -0.15) is 0 Å². The molecule has 1 aliphatic rings. The predicted molar refractivity (Wildman–Crippen MR) is 101 cm³/mol. The van der Waals surface area contributed by atoms with E-state index in [-0.39, 0.29) is 11.6 Å². The molecular weight excluding hydrogens is 357 g/mol. The van der Waals surface area contributed by atoms with E-state index >= 15 is 0 Å². The molecule has 0 heterocycles. The molecule has 3 aromatic rings. The van der Waals surface area contributed by atoms with Gasteiger partial charge in [0.15, 0.2) is 11.6 Å². The van der Waals surface area contributed by atoms with Gasteiger partial charge in [-0.25, -0.2) is 0 Å². The standard InChI is InChI=1S/C14H9NO2.C6H4Cl2/c15-11-7-3-6-10-12(11)14(17)9-5-2-1-4-8(9)13(10)16;7-5-3-1-2-4-6(5)8/h1-7H,15H2;1-4H. The van der Waals surface area contributed by atoms with Crippen molar-refractivity contribution in [2.24, 2.45) is 0 Å². The maximum atomic E-state index is 12.2. The van der Waals surface area contributed by atoms with Gasteiger partial charge in [-0.15, -0.1) is 0 Å². The van der Waals surface area contributed by atoms with E-state index in [4.69, 9.17) is 28.9 Å². The lowest BCUT2D eigenvalue weighted by molar-refractivity contribution is 0.0979. The fraction of sp³-hybridized carbons (Fsp3) is 0. The summed E-state index contributed by atoms with van der Waals surface area (Å²) in [6.07, 6.45) is 0. The number of rotatable bonds is 0. The molecule has 0 aliphatic heterocycles. The molecular formula is C20H13Cl2NO2. The highest BCUT2D eigenvalue weighted by Gasteiger charge is 2.30. The van der Waals surface area contributed by atoms with Crippen molar-refractivity contribution in [3.63, 3.8) is 0 Å². The first kappa shape index (κ1) is 17.2. The van der Waals surface area contributed by atoms with Gasteiger partial charge in [-0.3, -0.25) is 9.59 Å². The average Bonchev–Trinajstić information content (AvgIpc) is 2.63. The van der Waals surface area contributed by atoms with Crippen molar-refractivity contribution in [2.75, 3.05) is 5.73 Å². The second kappa shape index (κ2) is 7.09. The minimum absolute atomic E-state index is 0.137. The van der Waals surface area contributed by atoms with Crippen molar-refractivity contribution in [3.05, 3.63) is 99.0 Å². The third kappa shape index (κ3) is 3.29. The number of nitrogens with two attached hydrogens (primary N) is 1. The van der Waals surface area contributed by atoms with Crippen LogP contribution in [0.15, 0.2) is 66.7 Å². The quantitative estimate of drug-likeness (QED) is 0.441. The van der Waals surface area contributed by atoms with Gasteiger partial charge in [0, 0.05) is 22.4 Å². The highest BCUT2D eigenvalue weighted by Crippen LogP contribution is 2.30. The van der Waals surface area contributed by atoms with Crippen LogP contribution in [0.4, 0.5) is 5.69 Å².